The van der Waals surface area contributed by atoms with Crippen LogP contribution in [0.3, 0.4) is 0 Å². The molecular weight excluding hydrogens is 382 g/mol. The second-order valence-electron chi connectivity index (χ2n) is 5.99. The minimum absolute atomic E-state index is 0.0183. The van der Waals surface area contributed by atoms with Crippen molar-refractivity contribution < 1.29 is 17.9 Å². The molecule has 2 aromatic heterocycles. The summed E-state index contributed by atoms with van der Waals surface area (Å²) in [6.45, 7) is 0.330. The zero-order valence-corrected chi connectivity index (χ0v) is 15.3. The number of nitrogens with one attached hydrogen (secondary N) is 2. The zero-order valence-electron chi connectivity index (χ0n) is 14.5. The fourth-order valence-corrected chi connectivity index (χ4v) is 3.74. The fourth-order valence-electron chi connectivity index (χ4n) is 2.76. The average Bonchev–Trinajstić information content (AvgIpc) is 3.35. The van der Waals surface area contributed by atoms with E-state index in [0.29, 0.717) is 17.0 Å². The molecule has 0 radical (unpaired) electrons. The van der Waals surface area contributed by atoms with Gasteiger partial charge in [0.25, 0.3) is 5.91 Å². The highest BCUT2D eigenvalue weighted by Gasteiger charge is 2.12. The molecule has 8 nitrogen and oxygen atoms in total. The minimum Gasteiger partial charge on any atom is -0.464 e. The number of amides is 1. The van der Waals surface area contributed by atoms with Crippen LogP contribution in [-0.4, -0.2) is 20.3 Å². The van der Waals surface area contributed by atoms with E-state index in [2.05, 4.69) is 20.0 Å². The van der Waals surface area contributed by atoms with Crippen LogP contribution in [0.15, 0.2) is 73.4 Å². The fraction of sp³-hybridized carbons (Fsp3) is 0.105. The lowest BCUT2D eigenvalue weighted by Gasteiger charge is -2.07. The summed E-state index contributed by atoms with van der Waals surface area (Å²) < 4.78 is 22.2. The van der Waals surface area contributed by atoms with Crippen LogP contribution in [0.2, 0.25) is 0 Å². The van der Waals surface area contributed by atoms with Crippen LogP contribution in [0.1, 0.15) is 21.7 Å². The summed E-state index contributed by atoms with van der Waals surface area (Å²) in [5.41, 5.74) is 2.08. The normalized spacial score (nSPS) is 12.1. The first kappa shape index (κ1) is 17.9. The molecule has 0 aliphatic heterocycles. The van der Waals surface area contributed by atoms with Gasteiger partial charge in [0.2, 0.25) is 0 Å². The third-order valence-corrected chi connectivity index (χ3v) is 5.47. The average molecular weight is 397 g/mol. The Morgan fingerprint density at radius 2 is 1.96 bits per heavy atom. The van der Waals surface area contributed by atoms with Crippen LogP contribution in [0.5, 0.6) is 0 Å². The summed E-state index contributed by atoms with van der Waals surface area (Å²) in [7, 11) is -1.42. The Bertz CT molecular complexity index is 1210. The SMILES string of the molecule is O=C(NCc1cccc2ccoc12)c1ccc(S(=O)Cc2noc(=O)[nH]2)cc1. The molecule has 142 valence electrons. The topological polar surface area (TPSA) is 118 Å². The highest BCUT2D eigenvalue weighted by Crippen LogP contribution is 2.19. The van der Waals surface area contributed by atoms with Gasteiger partial charge in [-0.15, -0.1) is 0 Å². The van der Waals surface area contributed by atoms with Crippen molar-refractivity contribution in [3.05, 3.63) is 82.3 Å². The van der Waals surface area contributed by atoms with E-state index in [-0.39, 0.29) is 17.5 Å². The first-order valence-electron chi connectivity index (χ1n) is 8.37. The molecule has 1 atom stereocenters. The van der Waals surface area contributed by atoms with Crippen molar-refractivity contribution in [3.8, 4) is 0 Å². The Balaban J connectivity index is 1.40. The third-order valence-electron chi connectivity index (χ3n) is 4.13. The van der Waals surface area contributed by atoms with Crippen LogP contribution in [0.25, 0.3) is 11.0 Å². The van der Waals surface area contributed by atoms with Crippen molar-refractivity contribution in [2.75, 3.05) is 0 Å². The van der Waals surface area contributed by atoms with Gasteiger partial charge < -0.3 is 9.73 Å². The van der Waals surface area contributed by atoms with Crippen LogP contribution < -0.4 is 11.1 Å². The molecule has 2 heterocycles. The Morgan fingerprint density at radius 1 is 1.14 bits per heavy atom. The van der Waals surface area contributed by atoms with Gasteiger partial charge in [-0.25, -0.2) is 4.79 Å². The minimum atomic E-state index is -1.42. The van der Waals surface area contributed by atoms with Gasteiger partial charge in [0.05, 0.1) is 22.8 Å². The Morgan fingerprint density at radius 3 is 2.71 bits per heavy atom. The molecule has 1 amide bonds. The number of H-pyrrole nitrogens is 1. The molecule has 4 aromatic rings. The Labute approximate surface area is 161 Å². The smallest absolute Gasteiger partial charge is 0.438 e. The molecule has 1 unspecified atom stereocenters. The van der Waals surface area contributed by atoms with E-state index in [1.807, 2.05) is 24.3 Å². The molecule has 4 rings (SSSR count). The second-order valence-corrected chi connectivity index (χ2v) is 7.45. The van der Waals surface area contributed by atoms with E-state index >= 15 is 0 Å². The number of aromatic amines is 1. The lowest BCUT2D eigenvalue weighted by molar-refractivity contribution is 0.0951. The van der Waals surface area contributed by atoms with Gasteiger partial charge in [0.1, 0.15) is 5.58 Å². The number of fused-ring (bicyclic) bond motifs is 1. The van der Waals surface area contributed by atoms with Crippen LogP contribution in [-0.2, 0) is 23.1 Å². The molecule has 0 aliphatic carbocycles. The molecule has 2 N–H and O–H groups in total. The molecule has 28 heavy (non-hydrogen) atoms. The summed E-state index contributed by atoms with van der Waals surface area (Å²) in [5.74, 6) is -0.715. The number of carbonyl (C=O) groups excluding carboxylic acids is 1. The van der Waals surface area contributed by atoms with E-state index < -0.39 is 16.6 Å². The number of furan rings is 1. The standard InChI is InChI=1S/C19H15N3O5S/c23-18(20-10-14-3-1-2-12-8-9-26-17(12)14)13-4-6-15(7-5-13)28(25)11-16-21-19(24)27-22-16/h1-9H,10-11H2,(H,20,23)(H,21,22,24). The Kier molecular flexibility index (Phi) is 4.90. The van der Waals surface area contributed by atoms with Gasteiger partial charge in [-0.3, -0.25) is 18.5 Å². The molecule has 9 heteroatoms. The van der Waals surface area contributed by atoms with Gasteiger partial charge in [0, 0.05) is 28.0 Å². The van der Waals surface area contributed by atoms with Crippen molar-refractivity contribution in [1.29, 1.82) is 0 Å². The van der Waals surface area contributed by atoms with Crippen molar-refractivity contribution in [1.82, 2.24) is 15.5 Å². The maximum absolute atomic E-state index is 12.4. The highest BCUT2D eigenvalue weighted by atomic mass is 32.2. The number of benzene rings is 2. The van der Waals surface area contributed by atoms with E-state index in [9.17, 15) is 13.8 Å². The van der Waals surface area contributed by atoms with Gasteiger partial charge in [-0.1, -0.05) is 23.4 Å². The van der Waals surface area contributed by atoms with Crippen molar-refractivity contribution in [3.63, 3.8) is 0 Å². The van der Waals surface area contributed by atoms with Crippen molar-refractivity contribution in [2.24, 2.45) is 0 Å². The van der Waals surface area contributed by atoms with E-state index in [1.54, 1.807) is 30.5 Å². The summed E-state index contributed by atoms with van der Waals surface area (Å²) in [6.07, 6.45) is 1.61. The van der Waals surface area contributed by atoms with E-state index in [1.165, 1.54) is 0 Å². The number of hydrogen-bond donors (Lipinski definition) is 2. The number of para-hydroxylation sites is 1. The maximum Gasteiger partial charge on any atom is 0.438 e. The zero-order chi connectivity index (χ0) is 19.5. The number of rotatable bonds is 6. The third kappa shape index (κ3) is 3.79. The number of aromatic nitrogens is 2. The van der Waals surface area contributed by atoms with Crippen LogP contribution >= 0.6 is 0 Å². The monoisotopic (exact) mass is 397 g/mol. The van der Waals surface area contributed by atoms with Gasteiger partial charge in [-0.2, -0.15) is 0 Å². The largest absolute Gasteiger partial charge is 0.464 e. The first-order chi connectivity index (χ1) is 13.6. The molecule has 0 bridgehead atoms. The number of carbonyl (C=O) groups is 1. The van der Waals surface area contributed by atoms with Gasteiger partial charge in [-0.05, 0) is 30.3 Å². The van der Waals surface area contributed by atoms with Crippen molar-refractivity contribution in [2.45, 2.75) is 17.2 Å². The number of nitrogens with zero attached hydrogens (tertiary/aromatic N) is 1. The lowest BCUT2D eigenvalue weighted by Crippen LogP contribution is -2.22. The summed E-state index contributed by atoms with van der Waals surface area (Å²) in [5, 5.41) is 7.32. The predicted molar refractivity (Wildman–Crippen MR) is 101 cm³/mol. The molecule has 0 fully saturated rings. The van der Waals surface area contributed by atoms with Gasteiger partial charge >= 0.3 is 5.76 Å². The van der Waals surface area contributed by atoms with E-state index in [0.717, 1.165) is 16.5 Å². The molecule has 0 spiro atoms. The van der Waals surface area contributed by atoms with Crippen molar-refractivity contribution >= 4 is 27.7 Å². The molecule has 0 aliphatic rings. The first-order valence-corrected chi connectivity index (χ1v) is 9.68. The molecular formula is C19H15N3O5S. The van der Waals surface area contributed by atoms with Crippen LogP contribution in [0, 0.1) is 0 Å². The predicted octanol–water partition coefficient (Wildman–Crippen LogP) is 2.35. The number of hydrogen-bond acceptors (Lipinski definition) is 6. The molecule has 2 aromatic carbocycles. The quantitative estimate of drug-likeness (QED) is 0.516. The molecule has 0 saturated heterocycles. The summed E-state index contributed by atoms with van der Waals surface area (Å²) in [6, 6.07) is 14.0. The molecule has 0 saturated carbocycles. The maximum atomic E-state index is 12.4. The summed E-state index contributed by atoms with van der Waals surface area (Å²) >= 11 is 0. The Hall–Kier alpha value is -3.46. The second kappa shape index (κ2) is 7.65. The van der Waals surface area contributed by atoms with Gasteiger partial charge in [0.15, 0.2) is 5.82 Å². The van der Waals surface area contributed by atoms with Crippen LogP contribution in [0.4, 0.5) is 0 Å². The lowest BCUT2D eigenvalue weighted by atomic mass is 10.1. The summed E-state index contributed by atoms with van der Waals surface area (Å²) in [4.78, 5) is 26.2. The van der Waals surface area contributed by atoms with E-state index in [4.69, 9.17) is 4.42 Å². The highest BCUT2D eigenvalue weighted by molar-refractivity contribution is 7.84.